The third-order valence-electron chi connectivity index (χ3n) is 1.98. The maximum absolute atomic E-state index is 5.88. The van der Waals surface area contributed by atoms with Crippen molar-refractivity contribution in [3.8, 4) is 0 Å². The van der Waals surface area contributed by atoms with Crippen LogP contribution in [0.4, 0.5) is 17.2 Å². The number of hydrogen-bond acceptors (Lipinski definition) is 3. The Bertz CT molecular complexity index is 516. The van der Waals surface area contributed by atoms with E-state index in [1.165, 1.54) is 0 Å². The summed E-state index contributed by atoms with van der Waals surface area (Å²) in [6.07, 6.45) is 1.67. The van der Waals surface area contributed by atoms with Gasteiger partial charge in [-0.2, -0.15) is 0 Å². The predicted molar refractivity (Wildman–Crippen MR) is 76.1 cm³/mol. The van der Waals surface area contributed by atoms with Gasteiger partial charge >= 0.3 is 0 Å². The fraction of sp³-hybridized carbons (Fsp3) is 0. The lowest BCUT2D eigenvalue weighted by molar-refractivity contribution is 1.31. The lowest BCUT2D eigenvalue weighted by Gasteiger charge is -2.08. The van der Waals surface area contributed by atoms with Crippen molar-refractivity contribution in [2.24, 2.45) is 0 Å². The summed E-state index contributed by atoms with van der Waals surface area (Å²) in [5, 5.41) is 3.90. The van der Waals surface area contributed by atoms with E-state index in [-0.39, 0.29) is 0 Å². The molecule has 0 aliphatic heterocycles. The van der Waals surface area contributed by atoms with E-state index in [4.69, 9.17) is 17.3 Å². The molecule has 0 saturated heterocycles. The largest absolute Gasteiger partial charge is 0.399 e. The molecule has 16 heavy (non-hydrogen) atoms. The first kappa shape index (κ1) is 11.5. The maximum Gasteiger partial charge on any atom is 0.132 e. The zero-order valence-corrected chi connectivity index (χ0v) is 11.2. The van der Waals surface area contributed by atoms with Gasteiger partial charge in [-0.15, -0.1) is 0 Å². The van der Waals surface area contributed by atoms with Crippen molar-refractivity contribution in [1.29, 1.82) is 0 Å². The highest BCUT2D eigenvalue weighted by Crippen LogP contribution is 2.25. The fourth-order valence-electron chi connectivity index (χ4n) is 1.24. The minimum atomic E-state index is 0.682. The summed E-state index contributed by atoms with van der Waals surface area (Å²) in [7, 11) is 0. The molecule has 2 rings (SSSR count). The van der Waals surface area contributed by atoms with Gasteiger partial charge in [-0.25, -0.2) is 4.98 Å². The van der Waals surface area contributed by atoms with Crippen LogP contribution in [0.2, 0.25) is 5.02 Å². The summed E-state index contributed by atoms with van der Waals surface area (Å²) < 4.78 is 1.04. The number of nitrogen functional groups attached to an aromatic ring is 1. The number of aromatic nitrogens is 1. The standard InChI is InChI=1S/C11H9ClIN3/c12-7-1-2-10(9(13)5-7)16-11-6-8(14)3-4-15-11/h1-6H,(H3,14,15,16). The topological polar surface area (TPSA) is 50.9 Å². The lowest BCUT2D eigenvalue weighted by Crippen LogP contribution is -1.96. The Morgan fingerprint density at radius 1 is 1.25 bits per heavy atom. The second-order valence-electron chi connectivity index (χ2n) is 3.22. The SMILES string of the molecule is Nc1ccnc(Nc2ccc(Cl)cc2I)c1. The second kappa shape index (κ2) is 4.88. The molecule has 0 aliphatic carbocycles. The zero-order valence-electron chi connectivity index (χ0n) is 8.24. The van der Waals surface area contributed by atoms with Crippen LogP contribution in [0.1, 0.15) is 0 Å². The van der Waals surface area contributed by atoms with Crippen LogP contribution in [0.3, 0.4) is 0 Å². The maximum atomic E-state index is 5.88. The number of rotatable bonds is 2. The van der Waals surface area contributed by atoms with Gasteiger partial charge in [0.1, 0.15) is 5.82 Å². The number of nitrogens with zero attached hydrogens (tertiary/aromatic N) is 1. The normalized spacial score (nSPS) is 10.1. The third kappa shape index (κ3) is 2.76. The summed E-state index contributed by atoms with van der Waals surface area (Å²) >= 11 is 8.09. The monoisotopic (exact) mass is 345 g/mol. The molecule has 1 aromatic carbocycles. The first-order valence-corrected chi connectivity index (χ1v) is 6.04. The molecular formula is C11H9ClIN3. The fourth-order valence-corrected chi connectivity index (χ4v) is 2.25. The van der Waals surface area contributed by atoms with Crippen LogP contribution in [-0.2, 0) is 0 Å². The van der Waals surface area contributed by atoms with Gasteiger partial charge in [0.15, 0.2) is 0 Å². The molecule has 0 aliphatic rings. The van der Waals surface area contributed by atoms with E-state index in [1.807, 2.05) is 18.2 Å². The minimum absolute atomic E-state index is 0.682. The van der Waals surface area contributed by atoms with Crippen LogP contribution >= 0.6 is 34.2 Å². The number of hydrogen-bond donors (Lipinski definition) is 2. The number of nitrogens with two attached hydrogens (primary N) is 1. The molecule has 0 bridgehead atoms. The summed E-state index contributed by atoms with van der Waals surface area (Å²) in [6.45, 7) is 0. The second-order valence-corrected chi connectivity index (χ2v) is 4.82. The number of nitrogens with one attached hydrogen (secondary N) is 1. The Morgan fingerprint density at radius 3 is 2.75 bits per heavy atom. The first-order valence-electron chi connectivity index (χ1n) is 4.59. The molecule has 0 amide bonds. The third-order valence-corrected chi connectivity index (χ3v) is 3.11. The zero-order chi connectivity index (χ0) is 11.5. The number of benzene rings is 1. The molecule has 5 heteroatoms. The molecule has 0 radical (unpaired) electrons. The molecule has 3 N–H and O–H groups in total. The van der Waals surface area contributed by atoms with Crippen molar-refractivity contribution in [2.45, 2.75) is 0 Å². The molecule has 0 saturated carbocycles. The van der Waals surface area contributed by atoms with E-state index in [0.29, 0.717) is 5.69 Å². The van der Waals surface area contributed by atoms with Gasteiger partial charge < -0.3 is 11.1 Å². The van der Waals surface area contributed by atoms with Crippen molar-refractivity contribution < 1.29 is 0 Å². The molecule has 1 aromatic heterocycles. The van der Waals surface area contributed by atoms with Gasteiger partial charge in [-0.1, -0.05) is 11.6 Å². The molecule has 0 unspecified atom stereocenters. The van der Waals surface area contributed by atoms with Crippen LogP contribution in [0.5, 0.6) is 0 Å². The van der Waals surface area contributed by atoms with Crippen molar-refractivity contribution >= 4 is 51.4 Å². The van der Waals surface area contributed by atoms with E-state index in [0.717, 1.165) is 20.1 Å². The van der Waals surface area contributed by atoms with Crippen molar-refractivity contribution in [2.75, 3.05) is 11.1 Å². The predicted octanol–water partition coefficient (Wildman–Crippen LogP) is 3.67. The highest BCUT2D eigenvalue weighted by molar-refractivity contribution is 14.1. The van der Waals surface area contributed by atoms with Crippen LogP contribution in [-0.4, -0.2) is 4.98 Å². The molecule has 1 heterocycles. The van der Waals surface area contributed by atoms with E-state index in [1.54, 1.807) is 18.3 Å². The first-order chi connectivity index (χ1) is 7.65. The number of anilines is 3. The molecule has 2 aromatic rings. The van der Waals surface area contributed by atoms with Crippen molar-refractivity contribution in [3.05, 3.63) is 45.1 Å². The van der Waals surface area contributed by atoms with E-state index in [9.17, 15) is 0 Å². The van der Waals surface area contributed by atoms with E-state index >= 15 is 0 Å². The molecular weight excluding hydrogens is 336 g/mol. The van der Waals surface area contributed by atoms with Gasteiger partial charge in [0.05, 0.1) is 5.69 Å². The average molecular weight is 346 g/mol. The van der Waals surface area contributed by atoms with E-state index < -0.39 is 0 Å². The van der Waals surface area contributed by atoms with Gasteiger partial charge in [0.2, 0.25) is 0 Å². The molecule has 0 spiro atoms. The Hall–Kier alpha value is -1.01. The Balaban J connectivity index is 2.27. The van der Waals surface area contributed by atoms with Gasteiger partial charge in [0, 0.05) is 26.5 Å². The summed E-state index contributed by atoms with van der Waals surface area (Å²) in [5.41, 5.74) is 7.31. The summed E-state index contributed by atoms with van der Waals surface area (Å²) in [5.74, 6) is 0.722. The number of pyridine rings is 1. The van der Waals surface area contributed by atoms with Crippen LogP contribution < -0.4 is 11.1 Å². The summed E-state index contributed by atoms with van der Waals surface area (Å²) in [6, 6.07) is 9.16. The Labute approximate surface area is 112 Å². The van der Waals surface area contributed by atoms with E-state index in [2.05, 4.69) is 32.9 Å². The molecule has 82 valence electrons. The minimum Gasteiger partial charge on any atom is -0.399 e. The quantitative estimate of drug-likeness (QED) is 0.817. The molecule has 0 atom stereocenters. The van der Waals surface area contributed by atoms with Crippen LogP contribution in [0.15, 0.2) is 36.5 Å². The van der Waals surface area contributed by atoms with Crippen LogP contribution in [0, 0.1) is 3.57 Å². The van der Waals surface area contributed by atoms with Gasteiger partial charge in [0.25, 0.3) is 0 Å². The summed E-state index contributed by atoms with van der Waals surface area (Å²) in [4.78, 5) is 4.17. The molecule has 3 nitrogen and oxygen atoms in total. The highest BCUT2D eigenvalue weighted by Gasteiger charge is 2.01. The highest BCUT2D eigenvalue weighted by atomic mass is 127. The van der Waals surface area contributed by atoms with Crippen molar-refractivity contribution in [1.82, 2.24) is 4.98 Å². The number of halogens is 2. The Kier molecular flexibility index (Phi) is 3.50. The average Bonchev–Trinajstić information content (AvgIpc) is 2.22. The van der Waals surface area contributed by atoms with Crippen LogP contribution in [0.25, 0.3) is 0 Å². The van der Waals surface area contributed by atoms with Crippen molar-refractivity contribution in [3.63, 3.8) is 0 Å². The Morgan fingerprint density at radius 2 is 2.06 bits per heavy atom. The smallest absolute Gasteiger partial charge is 0.132 e. The van der Waals surface area contributed by atoms with Gasteiger partial charge in [-0.05, 0) is 46.9 Å². The van der Waals surface area contributed by atoms with Gasteiger partial charge in [-0.3, -0.25) is 0 Å². The lowest BCUT2D eigenvalue weighted by atomic mass is 10.3. The molecule has 0 fully saturated rings.